The Bertz CT molecular complexity index is 505. The molecule has 0 bridgehead atoms. The first-order valence-electron chi connectivity index (χ1n) is 5.75. The van der Waals surface area contributed by atoms with E-state index in [9.17, 15) is 14.7 Å². The molecule has 1 aliphatic rings. The van der Waals surface area contributed by atoms with E-state index >= 15 is 0 Å². The van der Waals surface area contributed by atoms with Gasteiger partial charge in [-0.25, -0.2) is 4.79 Å². The Balaban J connectivity index is 2.47. The fourth-order valence-electron chi connectivity index (χ4n) is 2.15. The molecule has 0 aromatic heterocycles. The number of para-hydroxylation sites is 1. The van der Waals surface area contributed by atoms with Crippen LogP contribution in [0.4, 0.5) is 5.69 Å². The first-order valence-corrected chi connectivity index (χ1v) is 5.75. The lowest BCUT2D eigenvalue weighted by Crippen LogP contribution is -2.55. The number of anilines is 1. The van der Waals surface area contributed by atoms with Gasteiger partial charge in [0.15, 0.2) is 0 Å². The van der Waals surface area contributed by atoms with Gasteiger partial charge >= 0.3 is 5.97 Å². The second-order valence-electron chi connectivity index (χ2n) is 5.08. The van der Waals surface area contributed by atoms with Crippen molar-refractivity contribution in [1.29, 1.82) is 0 Å². The number of hydrogen-bond donors (Lipinski definition) is 2. The van der Waals surface area contributed by atoms with Crippen LogP contribution in [0.3, 0.4) is 0 Å². The van der Waals surface area contributed by atoms with Crippen molar-refractivity contribution in [3.63, 3.8) is 0 Å². The van der Waals surface area contributed by atoms with Gasteiger partial charge in [-0.15, -0.1) is 0 Å². The quantitative estimate of drug-likeness (QED) is 0.809. The lowest BCUT2D eigenvalue weighted by molar-refractivity contribution is -0.140. The number of nitrogens with two attached hydrogens (primary N) is 1. The van der Waals surface area contributed by atoms with Crippen molar-refractivity contribution in [3.8, 4) is 0 Å². The first-order chi connectivity index (χ1) is 8.32. The summed E-state index contributed by atoms with van der Waals surface area (Å²) in [5, 5.41) is 9.24. The molecule has 0 fully saturated rings. The van der Waals surface area contributed by atoms with Gasteiger partial charge in [0.25, 0.3) is 0 Å². The van der Waals surface area contributed by atoms with Crippen LogP contribution in [0, 0.1) is 0 Å². The van der Waals surface area contributed by atoms with E-state index in [0.29, 0.717) is 12.1 Å². The van der Waals surface area contributed by atoms with Crippen LogP contribution in [0.5, 0.6) is 0 Å². The number of amides is 1. The molecule has 18 heavy (non-hydrogen) atoms. The molecule has 5 heteroatoms. The Morgan fingerprint density at radius 1 is 1.39 bits per heavy atom. The average molecular weight is 248 g/mol. The number of carboxylic acid groups (broad SMARTS) is 1. The molecule has 3 N–H and O–H groups in total. The minimum absolute atomic E-state index is 0.327. The Hall–Kier alpha value is -1.88. The highest BCUT2D eigenvalue weighted by Gasteiger charge is 2.42. The molecule has 0 radical (unpaired) electrons. The second-order valence-corrected chi connectivity index (χ2v) is 5.08. The largest absolute Gasteiger partial charge is 0.480 e. The van der Waals surface area contributed by atoms with Crippen LogP contribution in [0.1, 0.15) is 19.4 Å². The summed E-state index contributed by atoms with van der Waals surface area (Å²) in [6, 6.07) is 6.34. The summed E-state index contributed by atoms with van der Waals surface area (Å²) in [6.07, 6.45) is 0.327. The van der Waals surface area contributed by atoms with E-state index in [0.717, 1.165) is 5.56 Å². The normalized spacial score (nSPS) is 18.6. The van der Waals surface area contributed by atoms with Crippen molar-refractivity contribution in [2.75, 3.05) is 4.90 Å². The van der Waals surface area contributed by atoms with Crippen molar-refractivity contribution < 1.29 is 14.7 Å². The van der Waals surface area contributed by atoms with Gasteiger partial charge in [-0.05, 0) is 25.5 Å². The van der Waals surface area contributed by atoms with Crippen molar-refractivity contribution in [3.05, 3.63) is 29.8 Å². The van der Waals surface area contributed by atoms with Crippen LogP contribution in [0.25, 0.3) is 0 Å². The van der Waals surface area contributed by atoms with Gasteiger partial charge in [0, 0.05) is 12.1 Å². The van der Waals surface area contributed by atoms with E-state index in [1.165, 1.54) is 4.90 Å². The number of rotatable bonds is 2. The summed E-state index contributed by atoms with van der Waals surface area (Å²) < 4.78 is 0. The van der Waals surface area contributed by atoms with Crippen LogP contribution in [-0.4, -0.2) is 28.6 Å². The zero-order chi connectivity index (χ0) is 13.5. The third-order valence-electron chi connectivity index (χ3n) is 3.03. The maximum atomic E-state index is 12.3. The van der Waals surface area contributed by atoms with Crippen LogP contribution in [-0.2, 0) is 16.0 Å². The SMILES string of the molecule is CC(C)(N)C(=O)N1c2ccccc2C[C@H]1C(=O)O. The van der Waals surface area contributed by atoms with E-state index in [4.69, 9.17) is 5.73 Å². The Morgan fingerprint density at radius 2 is 2.00 bits per heavy atom. The molecule has 1 aromatic rings. The number of fused-ring (bicyclic) bond motifs is 1. The van der Waals surface area contributed by atoms with Crippen molar-refractivity contribution in [1.82, 2.24) is 0 Å². The molecule has 0 spiro atoms. The molecule has 1 amide bonds. The highest BCUT2D eigenvalue weighted by molar-refractivity contribution is 6.05. The Morgan fingerprint density at radius 3 is 2.56 bits per heavy atom. The van der Waals surface area contributed by atoms with Gasteiger partial charge in [0.1, 0.15) is 6.04 Å². The van der Waals surface area contributed by atoms with Gasteiger partial charge in [0.05, 0.1) is 5.54 Å². The average Bonchev–Trinajstić information content (AvgIpc) is 2.65. The monoisotopic (exact) mass is 248 g/mol. The highest BCUT2D eigenvalue weighted by Crippen LogP contribution is 2.33. The van der Waals surface area contributed by atoms with E-state index in [2.05, 4.69) is 0 Å². The molecule has 5 nitrogen and oxygen atoms in total. The van der Waals surface area contributed by atoms with E-state index in [1.54, 1.807) is 26.0 Å². The molecule has 1 aromatic carbocycles. The maximum Gasteiger partial charge on any atom is 0.327 e. The molecule has 2 rings (SSSR count). The summed E-state index contributed by atoms with van der Waals surface area (Å²) in [5.41, 5.74) is 6.21. The van der Waals surface area contributed by atoms with Crippen LogP contribution in [0.15, 0.2) is 24.3 Å². The molecular formula is C13H16N2O3. The number of benzene rings is 1. The van der Waals surface area contributed by atoms with Crippen LogP contribution in [0.2, 0.25) is 0 Å². The third kappa shape index (κ3) is 1.97. The van der Waals surface area contributed by atoms with Gasteiger partial charge in [-0.3, -0.25) is 9.69 Å². The van der Waals surface area contributed by atoms with Crippen LogP contribution >= 0.6 is 0 Å². The molecular weight excluding hydrogens is 232 g/mol. The fourth-order valence-corrected chi connectivity index (χ4v) is 2.15. The van der Waals surface area contributed by atoms with E-state index < -0.39 is 17.6 Å². The first kappa shape index (κ1) is 12.6. The second kappa shape index (κ2) is 4.10. The zero-order valence-electron chi connectivity index (χ0n) is 10.4. The number of carboxylic acids is 1. The molecule has 1 atom stereocenters. The lowest BCUT2D eigenvalue weighted by Gasteiger charge is -2.29. The molecule has 0 saturated carbocycles. The van der Waals surface area contributed by atoms with E-state index in [1.807, 2.05) is 12.1 Å². The lowest BCUT2D eigenvalue weighted by atomic mass is 10.0. The zero-order valence-corrected chi connectivity index (χ0v) is 10.4. The molecule has 0 saturated heterocycles. The number of aliphatic carboxylic acids is 1. The Kier molecular flexibility index (Phi) is 2.86. The van der Waals surface area contributed by atoms with Gasteiger partial charge < -0.3 is 10.8 Å². The van der Waals surface area contributed by atoms with Crippen molar-refractivity contribution in [2.24, 2.45) is 5.73 Å². The predicted octanol–water partition coefficient (Wildman–Crippen LogP) is 0.766. The van der Waals surface area contributed by atoms with Gasteiger partial charge in [-0.1, -0.05) is 18.2 Å². The number of nitrogens with zero attached hydrogens (tertiary/aromatic N) is 1. The standard InChI is InChI=1S/C13H16N2O3/c1-13(2,14)12(18)15-9-6-4-3-5-8(9)7-10(15)11(16)17/h3-6,10H,7,14H2,1-2H3,(H,16,17)/t10-/m0/s1. The van der Waals surface area contributed by atoms with Crippen LogP contribution < -0.4 is 10.6 Å². The van der Waals surface area contributed by atoms with Crippen molar-refractivity contribution >= 4 is 17.6 Å². The molecule has 0 unspecified atom stereocenters. The predicted molar refractivity (Wildman–Crippen MR) is 67.3 cm³/mol. The highest BCUT2D eigenvalue weighted by atomic mass is 16.4. The molecule has 96 valence electrons. The smallest absolute Gasteiger partial charge is 0.327 e. The summed E-state index contributed by atoms with van der Waals surface area (Å²) in [5.74, 6) is -1.39. The van der Waals surface area contributed by atoms with E-state index in [-0.39, 0.29) is 5.91 Å². The minimum atomic E-state index is -1.09. The molecule has 0 aliphatic carbocycles. The molecule has 1 heterocycles. The van der Waals surface area contributed by atoms with Gasteiger partial charge in [-0.2, -0.15) is 0 Å². The summed E-state index contributed by atoms with van der Waals surface area (Å²) >= 11 is 0. The fraction of sp³-hybridized carbons (Fsp3) is 0.385. The Labute approximate surface area is 105 Å². The molecule has 1 aliphatic heterocycles. The number of hydrogen-bond acceptors (Lipinski definition) is 3. The summed E-state index contributed by atoms with van der Waals surface area (Å²) in [6.45, 7) is 3.16. The summed E-state index contributed by atoms with van der Waals surface area (Å²) in [7, 11) is 0. The maximum absolute atomic E-state index is 12.3. The van der Waals surface area contributed by atoms with Gasteiger partial charge in [0.2, 0.25) is 5.91 Å². The number of carbonyl (C=O) groups is 2. The minimum Gasteiger partial charge on any atom is -0.480 e. The topological polar surface area (TPSA) is 83.6 Å². The number of carbonyl (C=O) groups excluding carboxylic acids is 1. The third-order valence-corrected chi connectivity index (χ3v) is 3.03. The van der Waals surface area contributed by atoms with Crippen molar-refractivity contribution in [2.45, 2.75) is 31.8 Å². The summed E-state index contributed by atoms with van der Waals surface area (Å²) in [4.78, 5) is 24.9.